The number of hydrogen-bond acceptors (Lipinski definition) is 6. The number of hydrogen-bond donors (Lipinski definition) is 2. The highest BCUT2D eigenvalue weighted by molar-refractivity contribution is 7.98. The highest BCUT2D eigenvalue weighted by Gasteiger charge is 2.22. The van der Waals surface area contributed by atoms with Crippen LogP contribution >= 0.6 is 11.8 Å². The van der Waals surface area contributed by atoms with Crippen molar-refractivity contribution in [1.82, 2.24) is 15.0 Å². The van der Waals surface area contributed by atoms with Crippen LogP contribution in [0.25, 0.3) is 0 Å². The van der Waals surface area contributed by atoms with Crippen LogP contribution in [0.1, 0.15) is 12.8 Å². The van der Waals surface area contributed by atoms with Gasteiger partial charge in [0, 0.05) is 13.1 Å². The first kappa shape index (κ1) is 9.51. The van der Waals surface area contributed by atoms with E-state index >= 15 is 0 Å². The average molecular weight is 211 g/mol. The van der Waals surface area contributed by atoms with Crippen molar-refractivity contribution >= 4 is 23.7 Å². The number of thioether (sulfide) groups is 1. The summed E-state index contributed by atoms with van der Waals surface area (Å²) in [5.41, 5.74) is 0. The van der Waals surface area contributed by atoms with E-state index in [0.29, 0.717) is 17.9 Å². The molecule has 0 saturated heterocycles. The number of nitrogens with zero attached hydrogens (tertiary/aromatic N) is 3. The maximum absolute atomic E-state index is 4.27. The SMILES string of the molecule is CNc1nc(NC2CC2)nc(SC)n1. The Bertz CT molecular complexity index is 303. The number of nitrogens with one attached hydrogen (secondary N) is 2. The van der Waals surface area contributed by atoms with E-state index in [2.05, 4.69) is 25.6 Å². The van der Waals surface area contributed by atoms with Crippen LogP contribution in [0.5, 0.6) is 0 Å². The van der Waals surface area contributed by atoms with Crippen LogP contribution in [0.15, 0.2) is 5.16 Å². The van der Waals surface area contributed by atoms with Crippen molar-refractivity contribution in [3.63, 3.8) is 0 Å². The molecular weight excluding hydrogens is 198 g/mol. The van der Waals surface area contributed by atoms with Crippen LogP contribution in [0.3, 0.4) is 0 Å². The first-order chi connectivity index (χ1) is 6.81. The Hall–Kier alpha value is -1.04. The molecule has 14 heavy (non-hydrogen) atoms. The minimum Gasteiger partial charge on any atom is -0.357 e. The summed E-state index contributed by atoms with van der Waals surface area (Å²) in [6.45, 7) is 0. The van der Waals surface area contributed by atoms with Gasteiger partial charge in [-0.15, -0.1) is 0 Å². The third-order valence-electron chi connectivity index (χ3n) is 1.93. The third kappa shape index (κ3) is 2.25. The Labute approximate surface area is 87.1 Å². The molecule has 0 unspecified atom stereocenters. The second-order valence-corrected chi connectivity index (χ2v) is 3.91. The van der Waals surface area contributed by atoms with E-state index in [-0.39, 0.29) is 0 Å². The summed E-state index contributed by atoms with van der Waals surface area (Å²) < 4.78 is 0. The number of aromatic nitrogens is 3. The minimum absolute atomic E-state index is 0.566. The van der Waals surface area contributed by atoms with Gasteiger partial charge in [0.05, 0.1) is 0 Å². The lowest BCUT2D eigenvalue weighted by Crippen LogP contribution is -2.09. The molecule has 1 aromatic heterocycles. The standard InChI is InChI=1S/C8H13N5S/c1-9-6-11-7(10-5-3-4-5)13-8(12-6)14-2/h5H,3-4H2,1-2H3,(H2,9,10,11,12,13). The molecule has 0 aliphatic heterocycles. The molecule has 0 spiro atoms. The fourth-order valence-corrected chi connectivity index (χ4v) is 1.39. The molecule has 5 nitrogen and oxygen atoms in total. The van der Waals surface area contributed by atoms with Gasteiger partial charge in [-0.1, -0.05) is 11.8 Å². The van der Waals surface area contributed by atoms with Gasteiger partial charge in [-0.25, -0.2) is 0 Å². The van der Waals surface area contributed by atoms with E-state index in [0.717, 1.165) is 5.16 Å². The van der Waals surface area contributed by atoms with Crippen LogP contribution in [0, 0.1) is 0 Å². The molecule has 1 saturated carbocycles. The van der Waals surface area contributed by atoms with Gasteiger partial charge in [-0.2, -0.15) is 15.0 Å². The summed E-state index contributed by atoms with van der Waals surface area (Å²) in [5, 5.41) is 6.91. The normalized spacial score (nSPS) is 15.3. The first-order valence-electron chi connectivity index (χ1n) is 4.56. The van der Waals surface area contributed by atoms with E-state index in [1.807, 2.05) is 6.26 Å². The summed E-state index contributed by atoms with van der Waals surface area (Å²) in [6.07, 6.45) is 4.39. The lowest BCUT2D eigenvalue weighted by atomic mass is 10.7. The summed E-state index contributed by atoms with van der Waals surface area (Å²) in [5.74, 6) is 1.30. The molecule has 0 atom stereocenters. The van der Waals surface area contributed by atoms with Gasteiger partial charge in [0.25, 0.3) is 0 Å². The Balaban J connectivity index is 2.19. The Morgan fingerprint density at radius 3 is 2.50 bits per heavy atom. The predicted octanol–water partition coefficient (Wildman–Crippen LogP) is 1.21. The first-order valence-corrected chi connectivity index (χ1v) is 5.78. The molecule has 0 bridgehead atoms. The van der Waals surface area contributed by atoms with E-state index in [1.165, 1.54) is 24.6 Å². The summed E-state index contributed by atoms with van der Waals surface area (Å²) >= 11 is 1.52. The molecule has 1 fully saturated rings. The molecule has 1 heterocycles. The fraction of sp³-hybridized carbons (Fsp3) is 0.625. The predicted molar refractivity (Wildman–Crippen MR) is 57.8 cm³/mol. The van der Waals surface area contributed by atoms with Crippen LogP contribution in [0.4, 0.5) is 11.9 Å². The third-order valence-corrected chi connectivity index (χ3v) is 2.48. The second-order valence-electron chi connectivity index (χ2n) is 3.14. The number of anilines is 2. The van der Waals surface area contributed by atoms with Gasteiger partial charge in [-0.3, -0.25) is 0 Å². The van der Waals surface area contributed by atoms with E-state index in [1.54, 1.807) is 7.05 Å². The van der Waals surface area contributed by atoms with Gasteiger partial charge in [-0.05, 0) is 19.1 Å². The maximum Gasteiger partial charge on any atom is 0.228 e. The van der Waals surface area contributed by atoms with Crippen molar-refractivity contribution in [3.8, 4) is 0 Å². The second kappa shape index (κ2) is 4.00. The van der Waals surface area contributed by atoms with Crippen LogP contribution < -0.4 is 10.6 Å². The fourth-order valence-electron chi connectivity index (χ4n) is 1.03. The van der Waals surface area contributed by atoms with E-state index in [4.69, 9.17) is 0 Å². The van der Waals surface area contributed by atoms with Crippen molar-refractivity contribution in [3.05, 3.63) is 0 Å². The highest BCUT2D eigenvalue weighted by atomic mass is 32.2. The maximum atomic E-state index is 4.27. The largest absolute Gasteiger partial charge is 0.357 e. The molecule has 0 amide bonds. The molecular formula is C8H13N5S. The molecule has 0 radical (unpaired) electrons. The van der Waals surface area contributed by atoms with Crippen molar-refractivity contribution in [2.24, 2.45) is 0 Å². The van der Waals surface area contributed by atoms with Crippen molar-refractivity contribution in [2.75, 3.05) is 23.9 Å². The van der Waals surface area contributed by atoms with Gasteiger partial charge < -0.3 is 10.6 Å². The molecule has 1 aromatic rings. The van der Waals surface area contributed by atoms with Crippen LogP contribution in [-0.4, -0.2) is 34.3 Å². The zero-order valence-electron chi connectivity index (χ0n) is 8.24. The Morgan fingerprint density at radius 1 is 1.21 bits per heavy atom. The zero-order chi connectivity index (χ0) is 9.97. The van der Waals surface area contributed by atoms with Gasteiger partial charge >= 0.3 is 0 Å². The highest BCUT2D eigenvalue weighted by Crippen LogP contribution is 2.23. The quantitative estimate of drug-likeness (QED) is 0.730. The van der Waals surface area contributed by atoms with E-state index < -0.39 is 0 Å². The average Bonchev–Trinajstić information content (AvgIpc) is 3.01. The summed E-state index contributed by atoms with van der Waals surface area (Å²) in [7, 11) is 1.81. The van der Waals surface area contributed by atoms with Gasteiger partial charge in [0.15, 0.2) is 5.16 Å². The molecule has 6 heteroatoms. The molecule has 1 aliphatic carbocycles. The van der Waals surface area contributed by atoms with Crippen LogP contribution in [0.2, 0.25) is 0 Å². The topological polar surface area (TPSA) is 62.7 Å². The van der Waals surface area contributed by atoms with Crippen molar-refractivity contribution in [2.45, 2.75) is 24.0 Å². The summed E-state index contributed by atoms with van der Waals surface area (Å²) in [4.78, 5) is 12.7. The van der Waals surface area contributed by atoms with E-state index in [9.17, 15) is 0 Å². The molecule has 2 N–H and O–H groups in total. The monoisotopic (exact) mass is 211 g/mol. The molecule has 0 aromatic carbocycles. The lowest BCUT2D eigenvalue weighted by Gasteiger charge is -2.05. The minimum atomic E-state index is 0.566. The molecule has 2 rings (SSSR count). The molecule has 1 aliphatic rings. The smallest absolute Gasteiger partial charge is 0.228 e. The Kier molecular flexibility index (Phi) is 2.72. The number of rotatable bonds is 4. The van der Waals surface area contributed by atoms with Crippen LogP contribution in [-0.2, 0) is 0 Å². The lowest BCUT2D eigenvalue weighted by molar-refractivity contribution is 0.898. The molecule has 76 valence electrons. The van der Waals surface area contributed by atoms with Crippen molar-refractivity contribution in [1.29, 1.82) is 0 Å². The zero-order valence-corrected chi connectivity index (χ0v) is 9.06. The van der Waals surface area contributed by atoms with Crippen molar-refractivity contribution < 1.29 is 0 Å². The van der Waals surface area contributed by atoms with Gasteiger partial charge in [0.1, 0.15) is 0 Å². The van der Waals surface area contributed by atoms with Gasteiger partial charge in [0.2, 0.25) is 11.9 Å². The summed E-state index contributed by atoms with van der Waals surface area (Å²) in [6, 6.07) is 0.566. The Morgan fingerprint density at radius 2 is 1.93 bits per heavy atom.